The topological polar surface area (TPSA) is 120 Å². The van der Waals surface area contributed by atoms with Crippen molar-refractivity contribution in [2.24, 2.45) is 5.73 Å². The van der Waals surface area contributed by atoms with E-state index >= 15 is 0 Å². The molecule has 0 atom stereocenters. The first-order valence-corrected chi connectivity index (χ1v) is 9.89. The van der Waals surface area contributed by atoms with Crippen LogP contribution >= 0.6 is 0 Å². The van der Waals surface area contributed by atoms with E-state index in [1.807, 2.05) is 6.07 Å². The summed E-state index contributed by atoms with van der Waals surface area (Å²) in [6, 6.07) is 19.9. The molecule has 7 nitrogen and oxygen atoms in total. The molecule has 0 aliphatic rings. The van der Waals surface area contributed by atoms with Gasteiger partial charge in [0.1, 0.15) is 17.3 Å². The molecule has 0 radical (unpaired) electrons. The highest BCUT2D eigenvalue weighted by Crippen LogP contribution is 2.24. The quantitative estimate of drug-likeness (QED) is 0.185. The molecule has 0 amide bonds. The fourth-order valence-electron chi connectivity index (χ4n) is 3.06. The maximum absolute atomic E-state index is 13.0. The van der Waals surface area contributed by atoms with Crippen molar-refractivity contribution in [2.75, 3.05) is 0 Å². The summed E-state index contributed by atoms with van der Waals surface area (Å²) in [5, 5.41) is 7.64. The Labute approximate surface area is 185 Å². The van der Waals surface area contributed by atoms with E-state index < -0.39 is 11.9 Å². The smallest absolute Gasteiger partial charge is 0.311 e. The molecule has 3 aromatic rings. The number of amidine groups is 1. The molecule has 0 bridgehead atoms. The van der Waals surface area contributed by atoms with Crippen LogP contribution < -0.4 is 15.2 Å². The third kappa shape index (κ3) is 5.89. The average molecular weight is 430 g/mol. The van der Waals surface area contributed by atoms with Crippen LogP contribution in [0.25, 0.3) is 0 Å². The van der Waals surface area contributed by atoms with E-state index in [1.165, 1.54) is 25.1 Å². The number of hydrogen-bond donors (Lipinski definition) is 2. The number of ketones is 1. The largest absolute Gasteiger partial charge is 0.427 e. The minimum Gasteiger partial charge on any atom is -0.427 e. The van der Waals surface area contributed by atoms with Gasteiger partial charge in [-0.2, -0.15) is 0 Å². The molecule has 3 rings (SSSR count). The molecule has 0 aliphatic heterocycles. The van der Waals surface area contributed by atoms with E-state index in [1.54, 1.807) is 48.5 Å². The molecular weight excluding hydrogens is 408 g/mol. The molecule has 0 saturated carbocycles. The normalized spacial score (nSPS) is 10.3. The number of aryl methyl sites for hydroxylation is 1. The molecule has 0 aliphatic carbocycles. The van der Waals surface area contributed by atoms with E-state index in [0.717, 1.165) is 5.56 Å². The highest BCUT2D eigenvalue weighted by molar-refractivity contribution is 6.12. The maximum atomic E-state index is 13.0. The highest BCUT2D eigenvalue weighted by Gasteiger charge is 2.18. The van der Waals surface area contributed by atoms with Crippen LogP contribution in [0.2, 0.25) is 0 Å². The Hall–Kier alpha value is -4.26. The Morgan fingerprint density at radius 2 is 1.62 bits per heavy atom. The highest BCUT2D eigenvalue weighted by atomic mass is 16.5. The summed E-state index contributed by atoms with van der Waals surface area (Å²) in [6.07, 6.45) is 0.415. The minimum atomic E-state index is -0.527. The van der Waals surface area contributed by atoms with Gasteiger partial charge in [-0.15, -0.1) is 0 Å². The van der Waals surface area contributed by atoms with Gasteiger partial charge in [0.2, 0.25) is 0 Å². The Bertz CT molecular complexity index is 1170. The van der Waals surface area contributed by atoms with E-state index in [9.17, 15) is 14.4 Å². The van der Waals surface area contributed by atoms with Crippen molar-refractivity contribution in [3.8, 4) is 11.5 Å². The van der Waals surface area contributed by atoms with Gasteiger partial charge in [-0.1, -0.05) is 42.5 Å². The Morgan fingerprint density at radius 3 is 2.31 bits per heavy atom. The molecule has 3 aromatic carbocycles. The lowest BCUT2D eigenvalue weighted by Gasteiger charge is -2.12. The number of ether oxygens (including phenoxy) is 2. The monoisotopic (exact) mass is 430 g/mol. The van der Waals surface area contributed by atoms with Gasteiger partial charge in [0, 0.05) is 24.5 Å². The molecule has 0 aromatic heterocycles. The third-order valence-electron chi connectivity index (χ3n) is 4.57. The lowest BCUT2D eigenvalue weighted by atomic mass is 10.00. The molecule has 3 N–H and O–H groups in total. The van der Waals surface area contributed by atoms with Gasteiger partial charge in [-0.25, -0.2) is 0 Å². The zero-order valence-electron chi connectivity index (χ0n) is 17.5. The molecule has 0 heterocycles. The maximum Gasteiger partial charge on any atom is 0.311 e. The van der Waals surface area contributed by atoms with E-state index in [2.05, 4.69) is 0 Å². The first kappa shape index (κ1) is 22.4. The standard InChI is InChI=1S/C25H22N2O5/c1-16(28)31-20-9-5-6-17(14-20)10-13-23(29)32-22-12-11-19(25(26)27)15-21(22)24(30)18-7-3-2-4-8-18/h2-9,11-12,14-15H,10,13H2,1H3,(H3,26,27). The van der Waals surface area contributed by atoms with Crippen LogP contribution in [0.3, 0.4) is 0 Å². The van der Waals surface area contributed by atoms with Crippen molar-refractivity contribution in [3.63, 3.8) is 0 Å². The summed E-state index contributed by atoms with van der Waals surface area (Å²) in [6.45, 7) is 1.32. The zero-order valence-corrected chi connectivity index (χ0v) is 17.5. The van der Waals surface area contributed by atoms with Crippen LogP contribution in [0, 0.1) is 5.41 Å². The van der Waals surface area contributed by atoms with Gasteiger partial charge in [0.15, 0.2) is 5.78 Å². The van der Waals surface area contributed by atoms with E-state index in [0.29, 0.717) is 23.3 Å². The lowest BCUT2D eigenvalue weighted by Crippen LogP contribution is -2.15. The van der Waals surface area contributed by atoms with Crippen molar-refractivity contribution >= 4 is 23.6 Å². The number of nitrogens with two attached hydrogens (primary N) is 1. The van der Waals surface area contributed by atoms with Crippen LogP contribution in [-0.4, -0.2) is 23.6 Å². The van der Waals surface area contributed by atoms with E-state index in [4.69, 9.17) is 20.6 Å². The number of nitrogens with one attached hydrogen (secondary N) is 1. The first-order chi connectivity index (χ1) is 15.3. The van der Waals surface area contributed by atoms with Gasteiger partial charge in [-0.05, 0) is 42.3 Å². The van der Waals surface area contributed by atoms with Gasteiger partial charge in [0.05, 0.1) is 5.56 Å². The second-order valence-corrected chi connectivity index (χ2v) is 7.03. The number of carbonyl (C=O) groups is 3. The molecule has 0 fully saturated rings. The minimum absolute atomic E-state index is 0.0525. The summed E-state index contributed by atoms with van der Waals surface area (Å²) in [5.74, 6) is -0.989. The van der Waals surface area contributed by atoms with Crippen molar-refractivity contribution in [2.45, 2.75) is 19.8 Å². The summed E-state index contributed by atoms with van der Waals surface area (Å²) >= 11 is 0. The van der Waals surface area contributed by atoms with Crippen molar-refractivity contribution in [1.29, 1.82) is 5.41 Å². The first-order valence-electron chi connectivity index (χ1n) is 9.89. The van der Waals surface area contributed by atoms with Crippen LogP contribution in [0.1, 0.15) is 40.4 Å². The van der Waals surface area contributed by atoms with E-state index in [-0.39, 0.29) is 29.4 Å². The summed E-state index contributed by atoms with van der Waals surface area (Å²) in [4.78, 5) is 36.6. The molecule has 7 heteroatoms. The second-order valence-electron chi connectivity index (χ2n) is 7.03. The van der Waals surface area contributed by atoms with Crippen molar-refractivity contribution in [3.05, 3.63) is 95.1 Å². The molecule has 0 spiro atoms. The number of rotatable bonds is 8. The molecule has 32 heavy (non-hydrogen) atoms. The number of hydrogen-bond acceptors (Lipinski definition) is 6. The Morgan fingerprint density at radius 1 is 0.875 bits per heavy atom. The number of benzene rings is 3. The summed E-state index contributed by atoms with van der Waals surface area (Å²) in [5.41, 5.74) is 7.28. The predicted octanol–water partition coefficient (Wildman–Crippen LogP) is 3.67. The van der Waals surface area contributed by atoms with Gasteiger partial charge in [-0.3, -0.25) is 19.8 Å². The number of esters is 2. The van der Waals surface area contributed by atoms with Gasteiger partial charge < -0.3 is 15.2 Å². The molecular formula is C25H22N2O5. The second kappa shape index (κ2) is 10.2. The SMILES string of the molecule is CC(=O)Oc1cccc(CCC(=O)Oc2ccc(C(=N)N)cc2C(=O)c2ccccc2)c1. The number of nitrogen functional groups attached to an aromatic ring is 1. The molecule has 0 unspecified atom stereocenters. The van der Waals surface area contributed by atoms with Crippen molar-refractivity contribution < 1.29 is 23.9 Å². The molecule has 0 saturated heterocycles. The fraction of sp³-hybridized carbons (Fsp3) is 0.120. The zero-order chi connectivity index (χ0) is 23.1. The summed E-state index contributed by atoms with van der Waals surface area (Å²) in [7, 11) is 0. The van der Waals surface area contributed by atoms with Crippen LogP contribution in [0.15, 0.2) is 72.8 Å². The van der Waals surface area contributed by atoms with Gasteiger partial charge in [0.25, 0.3) is 0 Å². The van der Waals surface area contributed by atoms with Crippen molar-refractivity contribution in [1.82, 2.24) is 0 Å². The molecule has 162 valence electrons. The lowest BCUT2D eigenvalue weighted by molar-refractivity contribution is -0.134. The number of carbonyl (C=O) groups excluding carboxylic acids is 3. The van der Waals surface area contributed by atoms with Gasteiger partial charge >= 0.3 is 11.9 Å². The van der Waals surface area contributed by atoms with Crippen LogP contribution in [0.4, 0.5) is 0 Å². The average Bonchev–Trinajstić information content (AvgIpc) is 2.78. The fourth-order valence-corrected chi connectivity index (χ4v) is 3.06. The predicted molar refractivity (Wildman–Crippen MR) is 119 cm³/mol. The summed E-state index contributed by atoms with van der Waals surface area (Å²) < 4.78 is 10.5. The Kier molecular flexibility index (Phi) is 7.13. The van der Waals surface area contributed by atoms with Crippen LogP contribution in [0.5, 0.6) is 11.5 Å². The third-order valence-corrected chi connectivity index (χ3v) is 4.57. The van der Waals surface area contributed by atoms with Crippen LogP contribution in [-0.2, 0) is 16.0 Å². The Balaban J connectivity index is 1.76.